The summed E-state index contributed by atoms with van der Waals surface area (Å²) in [6, 6.07) is 9.53. The Kier molecular flexibility index (Phi) is 4.35. The van der Waals surface area contributed by atoms with Crippen LogP contribution in [-0.2, 0) is 13.1 Å². The van der Waals surface area contributed by atoms with Gasteiger partial charge in [-0.2, -0.15) is 0 Å². The number of fused-ring (bicyclic) bond motifs is 1. The number of nitrogens with one attached hydrogen (secondary N) is 1. The zero-order valence-electron chi connectivity index (χ0n) is 13.1. The molecule has 0 aliphatic carbocycles. The third-order valence-corrected chi connectivity index (χ3v) is 4.22. The van der Waals surface area contributed by atoms with Crippen LogP contribution in [0.3, 0.4) is 0 Å². The van der Waals surface area contributed by atoms with Crippen LogP contribution in [0, 0.1) is 6.92 Å². The second-order valence-corrected chi connectivity index (χ2v) is 5.86. The molecule has 0 radical (unpaired) electrons. The van der Waals surface area contributed by atoms with E-state index in [1.807, 2.05) is 48.7 Å². The highest BCUT2D eigenvalue weighted by molar-refractivity contribution is 6.31. The van der Waals surface area contributed by atoms with Crippen LogP contribution in [0.1, 0.15) is 28.5 Å². The molecule has 1 amide bonds. The molecule has 2 heterocycles. The van der Waals surface area contributed by atoms with Crippen LogP contribution < -0.4 is 5.32 Å². The lowest BCUT2D eigenvalue weighted by molar-refractivity contribution is 0.0941. The molecular formula is C18H18ClN3O. The molecule has 3 rings (SSSR count). The number of carbonyl (C=O) groups is 1. The summed E-state index contributed by atoms with van der Waals surface area (Å²) in [4.78, 5) is 16.7. The van der Waals surface area contributed by atoms with E-state index in [0.717, 1.165) is 28.6 Å². The fourth-order valence-electron chi connectivity index (χ4n) is 2.88. The van der Waals surface area contributed by atoms with Crippen molar-refractivity contribution in [3.8, 4) is 0 Å². The molecule has 0 spiro atoms. The molecule has 0 fully saturated rings. The third kappa shape index (κ3) is 2.94. The van der Waals surface area contributed by atoms with Crippen molar-refractivity contribution < 1.29 is 4.79 Å². The normalized spacial score (nSPS) is 10.9. The number of nitrogens with zero attached hydrogens (tertiary/aromatic N) is 2. The Morgan fingerprint density at radius 1 is 1.35 bits per heavy atom. The van der Waals surface area contributed by atoms with E-state index in [9.17, 15) is 4.79 Å². The molecule has 1 aromatic carbocycles. The van der Waals surface area contributed by atoms with E-state index in [4.69, 9.17) is 11.6 Å². The average Bonchev–Trinajstić information content (AvgIpc) is 2.85. The van der Waals surface area contributed by atoms with Gasteiger partial charge >= 0.3 is 0 Å². The number of carbonyl (C=O) groups excluding carboxylic acids is 1. The highest BCUT2D eigenvalue weighted by Crippen LogP contribution is 2.28. The number of aromatic nitrogens is 2. The van der Waals surface area contributed by atoms with Gasteiger partial charge < -0.3 is 9.88 Å². The summed E-state index contributed by atoms with van der Waals surface area (Å²) >= 11 is 6.10. The zero-order chi connectivity index (χ0) is 16.4. The summed E-state index contributed by atoms with van der Waals surface area (Å²) in [7, 11) is 0. The van der Waals surface area contributed by atoms with Crippen molar-refractivity contribution in [2.24, 2.45) is 0 Å². The molecule has 0 aliphatic heterocycles. The van der Waals surface area contributed by atoms with Crippen molar-refractivity contribution in [3.63, 3.8) is 0 Å². The van der Waals surface area contributed by atoms with Gasteiger partial charge in [-0.1, -0.05) is 17.7 Å². The van der Waals surface area contributed by atoms with E-state index >= 15 is 0 Å². The SMILES string of the molecule is CCn1c(C(=O)NCc2cccnc2)c(C)c2cc(Cl)ccc21. The van der Waals surface area contributed by atoms with Crippen molar-refractivity contribution >= 4 is 28.4 Å². The number of benzene rings is 1. The molecule has 23 heavy (non-hydrogen) atoms. The van der Waals surface area contributed by atoms with Gasteiger partial charge in [-0.3, -0.25) is 9.78 Å². The zero-order valence-corrected chi connectivity index (χ0v) is 13.9. The molecule has 0 saturated heterocycles. The average molecular weight is 328 g/mol. The fourth-order valence-corrected chi connectivity index (χ4v) is 3.06. The maximum atomic E-state index is 12.7. The van der Waals surface area contributed by atoms with E-state index in [1.54, 1.807) is 12.4 Å². The van der Waals surface area contributed by atoms with Gasteiger partial charge in [-0.15, -0.1) is 0 Å². The van der Waals surface area contributed by atoms with Crippen LogP contribution >= 0.6 is 11.6 Å². The van der Waals surface area contributed by atoms with Gasteiger partial charge in [0.2, 0.25) is 0 Å². The predicted molar refractivity (Wildman–Crippen MR) is 92.8 cm³/mol. The summed E-state index contributed by atoms with van der Waals surface area (Å²) < 4.78 is 2.03. The first-order chi connectivity index (χ1) is 11.1. The molecule has 3 aromatic rings. The lowest BCUT2D eigenvalue weighted by Gasteiger charge is -2.10. The minimum absolute atomic E-state index is 0.0828. The molecular weight excluding hydrogens is 310 g/mol. The van der Waals surface area contributed by atoms with Crippen LogP contribution in [0.15, 0.2) is 42.7 Å². The number of aryl methyl sites for hydroxylation is 2. The van der Waals surface area contributed by atoms with Crippen LogP contribution in [0.2, 0.25) is 5.02 Å². The van der Waals surface area contributed by atoms with Crippen LogP contribution in [-0.4, -0.2) is 15.5 Å². The third-order valence-electron chi connectivity index (χ3n) is 3.99. The molecule has 0 atom stereocenters. The minimum Gasteiger partial charge on any atom is -0.347 e. The summed E-state index contributed by atoms with van der Waals surface area (Å²) in [6.45, 7) is 5.18. The van der Waals surface area contributed by atoms with Crippen LogP contribution in [0.5, 0.6) is 0 Å². The lowest BCUT2D eigenvalue weighted by Crippen LogP contribution is -2.26. The Morgan fingerprint density at radius 3 is 2.87 bits per heavy atom. The molecule has 4 nitrogen and oxygen atoms in total. The maximum Gasteiger partial charge on any atom is 0.268 e. The van der Waals surface area contributed by atoms with Crippen molar-refractivity contribution in [2.75, 3.05) is 0 Å². The minimum atomic E-state index is -0.0828. The summed E-state index contributed by atoms with van der Waals surface area (Å²) in [5.41, 5.74) is 3.64. The molecule has 0 bridgehead atoms. The molecule has 2 aromatic heterocycles. The first-order valence-electron chi connectivity index (χ1n) is 7.57. The monoisotopic (exact) mass is 327 g/mol. The van der Waals surface area contributed by atoms with E-state index in [2.05, 4.69) is 10.3 Å². The van der Waals surface area contributed by atoms with Crippen molar-refractivity contribution in [1.29, 1.82) is 0 Å². The molecule has 0 saturated carbocycles. The highest BCUT2D eigenvalue weighted by atomic mass is 35.5. The highest BCUT2D eigenvalue weighted by Gasteiger charge is 2.19. The first-order valence-corrected chi connectivity index (χ1v) is 7.95. The first kappa shape index (κ1) is 15.6. The Labute approximate surface area is 140 Å². The van der Waals surface area contributed by atoms with Gasteiger partial charge in [0.25, 0.3) is 5.91 Å². The van der Waals surface area contributed by atoms with Crippen LogP contribution in [0.25, 0.3) is 10.9 Å². The number of pyridine rings is 1. The fraction of sp³-hybridized carbons (Fsp3) is 0.222. The van der Waals surface area contributed by atoms with Gasteiger partial charge in [0.1, 0.15) is 5.69 Å². The summed E-state index contributed by atoms with van der Waals surface area (Å²) in [5.74, 6) is -0.0828. The topological polar surface area (TPSA) is 46.9 Å². The molecule has 1 N–H and O–H groups in total. The van der Waals surface area contributed by atoms with Gasteiger partial charge in [0, 0.05) is 41.4 Å². The largest absolute Gasteiger partial charge is 0.347 e. The van der Waals surface area contributed by atoms with Gasteiger partial charge in [0.05, 0.1) is 0 Å². The second-order valence-electron chi connectivity index (χ2n) is 5.42. The summed E-state index contributed by atoms with van der Waals surface area (Å²) in [5, 5.41) is 4.67. The molecule has 118 valence electrons. The summed E-state index contributed by atoms with van der Waals surface area (Å²) in [6.07, 6.45) is 3.47. The molecule has 0 unspecified atom stereocenters. The number of rotatable bonds is 4. The van der Waals surface area contributed by atoms with Crippen LogP contribution in [0.4, 0.5) is 0 Å². The Bertz CT molecular complexity index is 856. The number of amides is 1. The quantitative estimate of drug-likeness (QED) is 0.788. The number of halogens is 1. The van der Waals surface area contributed by atoms with Gasteiger partial charge in [-0.25, -0.2) is 0 Å². The lowest BCUT2D eigenvalue weighted by atomic mass is 10.1. The Morgan fingerprint density at radius 2 is 2.17 bits per heavy atom. The number of hydrogen-bond acceptors (Lipinski definition) is 2. The van der Waals surface area contributed by atoms with Crippen molar-refractivity contribution in [1.82, 2.24) is 14.9 Å². The van der Waals surface area contributed by atoms with Gasteiger partial charge in [-0.05, 0) is 49.2 Å². The molecule has 5 heteroatoms. The maximum absolute atomic E-state index is 12.7. The standard InChI is InChI=1S/C18H18ClN3O/c1-3-22-16-7-6-14(19)9-15(16)12(2)17(22)18(23)21-11-13-5-4-8-20-10-13/h4-10H,3,11H2,1-2H3,(H,21,23). The molecule has 0 aliphatic rings. The Balaban J connectivity index is 1.95. The van der Waals surface area contributed by atoms with E-state index < -0.39 is 0 Å². The van der Waals surface area contributed by atoms with E-state index in [-0.39, 0.29) is 5.91 Å². The van der Waals surface area contributed by atoms with E-state index in [1.165, 1.54) is 0 Å². The predicted octanol–water partition coefficient (Wildman–Crippen LogP) is 3.95. The number of hydrogen-bond donors (Lipinski definition) is 1. The Hall–Kier alpha value is -2.33. The van der Waals surface area contributed by atoms with Crippen molar-refractivity contribution in [3.05, 3.63) is 64.6 Å². The smallest absolute Gasteiger partial charge is 0.268 e. The van der Waals surface area contributed by atoms with Crippen molar-refractivity contribution in [2.45, 2.75) is 26.9 Å². The van der Waals surface area contributed by atoms with Gasteiger partial charge in [0.15, 0.2) is 0 Å². The second kappa shape index (κ2) is 6.42. The van der Waals surface area contributed by atoms with E-state index in [0.29, 0.717) is 17.3 Å².